The maximum Gasteiger partial charge on any atom is 0.278 e. The van der Waals surface area contributed by atoms with Gasteiger partial charge in [0.25, 0.3) is 11.8 Å². The number of ether oxygens (including phenoxy) is 2. The number of hydrogen-bond acceptors (Lipinski definition) is 6. The van der Waals surface area contributed by atoms with E-state index in [4.69, 9.17) is 13.9 Å². The molecule has 2 aromatic carbocycles. The number of rotatable bonds is 9. The van der Waals surface area contributed by atoms with Crippen LogP contribution in [0.2, 0.25) is 0 Å². The van der Waals surface area contributed by atoms with Crippen molar-refractivity contribution < 1.29 is 23.5 Å². The fraction of sp³-hybridized carbons (Fsp3) is 0.200. The van der Waals surface area contributed by atoms with Gasteiger partial charge < -0.3 is 19.2 Å². The van der Waals surface area contributed by atoms with Gasteiger partial charge in [0.1, 0.15) is 23.0 Å². The number of carbonyl (C=O) groups excluding carboxylic acids is 2. The van der Waals surface area contributed by atoms with Crippen LogP contribution in [0.5, 0.6) is 11.5 Å². The lowest BCUT2D eigenvalue weighted by Gasteiger charge is -2.13. The van der Waals surface area contributed by atoms with Crippen LogP contribution in [0.25, 0.3) is 5.57 Å². The first-order valence-electron chi connectivity index (χ1n) is 10.5. The Kier molecular flexibility index (Phi) is 6.26. The summed E-state index contributed by atoms with van der Waals surface area (Å²) in [5.41, 5.74) is 1.82. The van der Waals surface area contributed by atoms with E-state index >= 15 is 0 Å². The van der Waals surface area contributed by atoms with E-state index < -0.39 is 5.91 Å². The Morgan fingerprint density at radius 1 is 0.844 bits per heavy atom. The quantitative estimate of drug-likeness (QED) is 0.503. The lowest BCUT2D eigenvalue weighted by molar-refractivity contribution is -0.137. The largest absolute Gasteiger partial charge is 0.494 e. The molecule has 0 saturated carbocycles. The molecule has 7 nitrogen and oxygen atoms in total. The normalized spacial score (nSPS) is 13.6. The molecule has 3 aromatic rings. The van der Waals surface area contributed by atoms with Gasteiger partial charge in [-0.1, -0.05) is 12.1 Å². The number of anilines is 1. The summed E-state index contributed by atoms with van der Waals surface area (Å²) in [4.78, 5) is 27.8. The van der Waals surface area contributed by atoms with Crippen LogP contribution < -0.4 is 14.8 Å². The molecule has 0 atom stereocenters. The van der Waals surface area contributed by atoms with Crippen molar-refractivity contribution >= 4 is 23.1 Å². The van der Waals surface area contributed by atoms with Crippen LogP contribution in [0, 0.1) is 0 Å². The minimum Gasteiger partial charge on any atom is -0.494 e. The number of nitrogens with zero attached hydrogens (tertiary/aromatic N) is 1. The van der Waals surface area contributed by atoms with E-state index in [0.29, 0.717) is 41.5 Å². The summed E-state index contributed by atoms with van der Waals surface area (Å²) in [6.45, 7) is 4.98. The molecule has 7 heteroatoms. The Balaban J connectivity index is 1.68. The molecule has 1 N–H and O–H groups in total. The van der Waals surface area contributed by atoms with Gasteiger partial charge in [-0.25, -0.2) is 0 Å². The summed E-state index contributed by atoms with van der Waals surface area (Å²) in [6.07, 6.45) is 1.51. The predicted molar refractivity (Wildman–Crippen MR) is 120 cm³/mol. The highest BCUT2D eigenvalue weighted by molar-refractivity contribution is 6.36. The fourth-order valence-corrected chi connectivity index (χ4v) is 3.49. The first-order chi connectivity index (χ1) is 15.6. The van der Waals surface area contributed by atoms with E-state index in [1.165, 1.54) is 11.2 Å². The second kappa shape index (κ2) is 9.43. The predicted octanol–water partition coefficient (Wildman–Crippen LogP) is 4.47. The highest BCUT2D eigenvalue weighted by Gasteiger charge is 2.39. The highest BCUT2D eigenvalue weighted by atomic mass is 16.5. The molecule has 0 radical (unpaired) electrons. The molecule has 2 heterocycles. The fourth-order valence-electron chi connectivity index (χ4n) is 3.49. The molecule has 0 aliphatic carbocycles. The van der Waals surface area contributed by atoms with Gasteiger partial charge in [-0.05, 0) is 67.9 Å². The summed E-state index contributed by atoms with van der Waals surface area (Å²) in [6, 6.07) is 17.8. The number of imide groups is 1. The number of amides is 2. The first kappa shape index (κ1) is 21.2. The van der Waals surface area contributed by atoms with Gasteiger partial charge in [0.15, 0.2) is 0 Å². The van der Waals surface area contributed by atoms with Crippen LogP contribution in [-0.2, 0) is 16.1 Å². The topological polar surface area (TPSA) is 81.0 Å². The monoisotopic (exact) mass is 432 g/mol. The van der Waals surface area contributed by atoms with Crippen LogP contribution in [0.4, 0.5) is 5.69 Å². The average molecular weight is 432 g/mol. The minimum absolute atomic E-state index is 0.0552. The summed E-state index contributed by atoms with van der Waals surface area (Å²) >= 11 is 0. The molecule has 2 amide bonds. The van der Waals surface area contributed by atoms with Crippen LogP contribution >= 0.6 is 0 Å². The summed E-state index contributed by atoms with van der Waals surface area (Å²) in [7, 11) is 0. The Bertz CT molecular complexity index is 1120. The molecule has 1 aromatic heterocycles. The average Bonchev–Trinajstić information content (AvgIpc) is 3.39. The molecule has 0 bridgehead atoms. The zero-order valence-electron chi connectivity index (χ0n) is 18.0. The zero-order valence-corrected chi connectivity index (χ0v) is 18.0. The number of carbonyl (C=O) groups is 2. The van der Waals surface area contributed by atoms with Gasteiger partial charge >= 0.3 is 0 Å². The van der Waals surface area contributed by atoms with Gasteiger partial charge in [0.2, 0.25) is 0 Å². The van der Waals surface area contributed by atoms with Crippen LogP contribution in [-0.4, -0.2) is 29.9 Å². The molecule has 0 fully saturated rings. The van der Waals surface area contributed by atoms with Crippen molar-refractivity contribution in [3.63, 3.8) is 0 Å². The van der Waals surface area contributed by atoms with Gasteiger partial charge in [-0.3, -0.25) is 14.5 Å². The SMILES string of the molecule is CCOc1ccc(NC2=C(c3ccc(OCC)cc3)C(=O)N(Cc3ccco3)C2=O)cc1. The Labute approximate surface area is 186 Å². The Morgan fingerprint density at radius 2 is 1.47 bits per heavy atom. The molecule has 1 aliphatic rings. The van der Waals surface area contributed by atoms with Crippen LogP contribution in [0.3, 0.4) is 0 Å². The summed E-state index contributed by atoms with van der Waals surface area (Å²) in [5, 5.41) is 3.14. The van der Waals surface area contributed by atoms with E-state index in [-0.39, 0.29) is 18.1 Å². The molecular formula is C25H24N2O5. The second-order valence-corrected chi connectivity index (χ2v) is 7.07. The standard InChI is InChI=1S/C25H24N2O5/c1-3-30-19-11-7-17(8-12-19)22-23(26-18-9-13-20(14-10-18)31-4-2)25(29)27(24(22)28)16-21-6-5-15-32-21/h5-15,26H,3-4,16H2,1-2H3. The van der Waals surface area contributed by atoms with Gasteiger partial charge in [0.05, 0.1) is 31.6 Å². The summed E-state index contributed by atoms with van der Waals surface area (Å²) < 4.78 is 16.3. The van der Waals surface area contributed by atoms with Crippen molar-refractivity contribution in [2.24, 2.45) is 0 Å². The van der Waals surface area contributed by atoms with Crippen molar-refractivity contribution in [3.05, 3.63) is 83.9 Å². The number of hydrogen-bond donors (Lipinski definition) is 1. The van der Waals surface area contributed by atoms with E-state index in [2.05, 4.69) is 5.32 Å². The number of benzene rings is 2. The molecule has 0 saturated heterocycles. The van der Waals surface area contributed by atoms with Crippen molar-refractivity contribution in [1.82, 2.24) is 4.90 Å². The van der Waals surface area contributed by atoms with E-state index in [1.54, 1.807) is 48.5 Å². The lowest BCUT2D eigenvalue weighted by atomic mass is 10.0. The zero-order chi connectivity index (χ0) is 22.5. The smallest absolute Gasteiger partial charge is 0.278 e. The van der Waals surface area contributed by atoms with Crippen molar-refractivity contribution in [1.29, 1.82) is 0 Å². The van der Waals surface area contributed by atoms with Gasteiger partial charge in [-0.2, -0.15) is 0 Å². The van der Waals surface area contributed by atoms with Crippen molar-refractivity contribution in [2.75, 3.05) is 18.5 Å². The van der Waals surface area contributed by atoms with E-state index in [1.807, 2.05) is 26.0 Å². The molecule has 0 unspecified atom stereocenters. The molecular weight excluding hydrogens is 408 g/mol. The maximum absolute atomic E-state index is 13.3. The molecule has 1 aliphatic heterocycles. The third-order valence-electron chi connectivity index (χ3n) is 4.95. The highest BCUT2D eigenvalue weighted by Crippen LogP contribution is 2.32. The van der Waals surface area contributed by atoms with Crippen molar-refractivity contribution in [3.8, 4) is 11.5 Å². The maximum atomic E-state index is 13.3. The lowest BCUT2D eigenvalue weighted by Crippen LogP contribution is -2.31. The molecule has 32 heavy (non-hydrogen) atoms. The van der Waals surface area contributed by atoms with Gasteiger partial charge in [0, 0.05) is 5.69 Å². The second-order valence-electron chi connectivity index (χ2n) is 7.07. The Hall–Kier alpha value is -4.00. The number of furan rings is 1. The van der Waals surface area contributed by atoms with Crippen LogP contribution in [0.15, 0.2) is 77.0 Å². The summed E-state index contributed by atoms with van der Waals surface area (Å²) in [5.74, 6) is 1.15. The molecule has 164 valence electrons. The molecule has 0 spiro atoms. The van der Waals surface area contributed by atoms with E-state index in [9.17, 15) is 9.59 Å². The molecule has 4 rings (SSSR count). The third kappa shape index (κ3) is 4.37. The van der Waals surface area contributed by atoms with E-state index in [0.717, 1.165) is 5.75 Å². The van der Waals surface area contributed by atoms with Crippen molar-refractivity contribution in [2.45, 2.75) is 20.4 Å². The van der Waals surface area contributed by atoms with Gasteiger partial charge in [-0.15, -0.1) is 0 Å². The minimum atomic E-state index is -0.413. The third-order valence-corrected chi connectivity index (χ3v) is 4.95. The number of nitrogens with one attached hydrogen (secondary N) is 1. The van der Waals surface area contributed by atoms with Crippen LogP contribution in [0.1, 0.15) is 25.2 Å². The Morgan fingerprint density at radius 3 is 2.03 bits per heavy atom. The first-order valence-corrected chi connectivity index (χ1v) is 10.5.